The van der Waals surface area contributed by atoms with E-state index in [0.29, 0.717) is 30.0 Å². The lowest BCUT2D eigenvalue weighted by Gasteiger charge is -2.28. The van der Waals surface area contributed by atoms with Gasteiger partial charge in [-0.1, -0.05) is 73.9 Å². The third-order valence-electron chi connectivity index (χ3n) is 4.70. The largest absolute Gasteiger partial charge is 0.390 e. The SMILES string of the molecule is CC(C)(C)CC(=O)N(Cc1ccccc1F)C[C@H]1CC(c2ccccc2Cl)=NO1. The van der Waals surface area contributed by atoms with E-state index in [1.165, 1.54) is 6.07 Å². The van der Waals surface area contributed by atoms with Gasteiger partial charge in [0, 0.05) is 35.5 Å². The molecule has 1 amide bonds. The van der Waals surface area contributed by atoms with Crippen molar-refractivity contribution in [1.29, 1.82) is 0 Å². The maximum Gasteiger partial charge on any atom is 0.223 e. The van der Waals surface area contributed by atoms with Gasteiger partial charge < -0.3 is 9.74 Å². The Morgan fingerprint density at radius 2 is 1.90 bits per heavy atom. The molecule has 0 fully saturated rings. The van der Waals surface area contributed by atoms with Crippen molar-refractivity contribution in [2.45, 2.75) is 46.3 Å². The molecule has 1 atom stereocenters. The second kappa shape index (κ2) is 8.95. The zero-order valence-electron chi connectivity index (χ0n) is 17.0. The van der Waals surface area contributed by atoms with Gasteiger partial charge in [-0.05, 0) is 17.5 Å². The molecular formula is C23H26ClFN2O2. The second-order valence-electron chi connectivity index (χ2n) is 8.55. The van der Waals surface area contributed by atoms with Gasteiger partial charge in [0.05, 0.1) is 12.3 Å². The predicted molar refractivity (Wildman–Crippen MR) is 113 cm³/mol. The molecule has 0 bridgehead atoms. The van der Waals surface area contributed by atoms with Crippen LogP contribution < -0.4 is 0 Å². The Morgan fingerprint density at radius 1 is 1.21 bits per heavy atom. The third kappa shape index (κ3) is 5.80. The summed E-state index contributed by atoms with van der Waals surface area (Å²) in [7, 11) is 0. The van der Waals surface area contributed by atoms with Crippen molar-refractivity contribution in [2.24, 2.45) is 10.6 Å². The van der Waals surface area contributed by atoms with E-state index in [4.69, 9.17) is 16.4 Å². The highest BCUT2D eigenvalue weighted by molar-refractivity contribution is 6.34. The van der Waals surface area contributed by atoms with Crippen molar-refractivity contribution >= 4 is 23.2 Å². The number of oxime groups is 1. The maximum atomic E-state index is 14.2. The van der Waals surface area contributed by atoms with Gasteiger partial charge in [0.15, 0.2) is 6.10 Å². The van der Waals surface area contributed by atoms with Gasteiger partial charge in [0.25, 0.3) is 0 Å². The molecule has 0 N–H and O–H groups in total. The Labute approximate surface area is 176 Å². The molecule has 0 saturated carbocycles. The van der Waals surface area contributed by atoms with Crippen LogP contribution in [-0.2, 0) is 16.2 Å². The standard InChI is InChI=1S/C23H26ClFN2O2/c1-23(2,3)13-22(28)27(14-16-8-4-7-11-20(16)25)15-17-12-21(26-29-17)18-9-5-6-10-19(18)24/h4-11,17H,12-15H2,1-3H3/t17-/m1/s1. The molecule has 3 rings (SSSR count). The van der Waals surface area contributed by atoms with Gasteiger partial charge in [-0.25, -0.2) is 4.39 Å². The zero-order chi connectivity index (χ0) is 21.0. The monoisotopic (exact) mass is 416 g/mol. The van der Waals surface area contributed by atoms with Crippen molar-refractivity contribution in [3.8, 4) is 0 Å². The molecule has 0 spiro atoms. The fraction of sp³-hybridized carbons (Fsp3) is 0.391. The lowest BCUT2D eigenvalue weighted by Crippen LogP contribution is -2.39. The second-order valence-corrected chi connectivity index (χ2v) is 8.96. The van der Waals surface area contributed by atoms with Crippen LogP contribution in [0, 0.1) is 11.2 Å². The smallest absolute Gasteiger partial charge is 0.223 e. The van der Waals surface area contributed by atoms with Crippen LogP contribution >= 0.6 is 11.6 Å². The molecule has 4 nitrogen and oxygen atoms in total. The van der Waals surface area contributed by atoms with E-state index >= 15 is 0 Å². The first-order chi connectivity index (χ1) is 13.7. The molecule has 154 valence electrons. The van der Waals surface area contributed by atoms with E-state index in [9.17, 15) is 9.18 Å². The number of benzene rings is 2. The van der Waals surface area contributed by atoms with Crippen LogP contribution in [0.25, 0.3) is 0 Å². The summed E-state index contributed by atoms with van der Waals surface area (Å²) in [6.45, 7) is 6.56. The summed E-state index contributed by atoms with van der Waals surface area (Å²) >= 11 is 6.26. The minimum Gasteiger partial charge on any atom is -0.390 e. The average molecular weight is 417 g/mol. The van der Waals surface area contributed by atoms with Crippen molar-refractivity contribution in [3.05, 3.63) is 70.5 Å². The molecule has 0 radical (unpaired) electrons. The van der Waals surface area contributed by atoms with Gasteiger partial charge in [0.1, 0.15) is 5.82 Å². The van der Waals surface area contributed by atoms with Crippen molar-refractivity contribution < 1.29 is 14.0 Å². The van der Waals surface area contributed by atoms with Gasteiger partial charge in [-0.15, -0.1) is 0 Å². The number of hydrogen-bond acceptors (Lipinski definition) is 3. The average Bonchev–Trinajstić information content (AvgIpc) is 3.10. The van der Waals surface area contributed by atoms with Gasteiger partial charge in [0.2, 0.25) is 5.91 Å². The van der Waals surface area contributed by atoms with E-state index in [1.807, 2.05) is 45.0 Å². The van der Waals surface area contributed by atoms with Crippen molar-refractivity contribution in [3.63, 3.8) is 0 Å². The summed E-state index contributed by atoms with van der Waals surface area (Å²) in [5, 5.41) is 4.79. The minimum absolute atomic E-state index is 0.0319. The summed E-state index contributed by atoms with van der Waals surface area (Å²) in [4.78, 5) is 20.2. The zero-order valence-corrected chi connectivity index (χ0v) is 17.7. The summed E-state index contributed by atoms with van der Waals surface area (Å²) < 4.78 is 14.2. The Bertz CT molecular complexity index is 908. The Morgan fingerprint density at radius 3 is 2.59 bits per heavy atom. The van der Waals surface area contributed by atoms with Gasteiger partial charge in [-0.3, -0.25) is 4.79 Å². The number of carbonyl (C=O) groups excluding carboxylic acids is 1. The van der Waals surface area contributed by atoms with Crippen molar-refractivity contribution in [2.75, 3.05) is 6.54 Å². The summed E-state index contributed by atoms with van der Waals surface area (Å²) in [5.41, 5.74) is 1.91. The normalized spacial score (nSPS) is 16.3. The first-order valence-electron chi connectivity index (χ1n) is 9.72. The van der Waals surface area contributed by atoms with Crippen LogP contribution in [0.3, 0.4) is 0 Å². The molecule has 2 aromatic rings. The number of carbonyl (C=O) groups is 1. The molecule has 0 aromatic heterocycles. The summed E-state index contributed by atoms with van der Waals surface area (Å²) in [6.07, 6.45) is 0.615. The van der Waals surface area contributed by atoms with E-state index in [0.717, 1.165) is 11.3 Å². The molecule has 6 heteroatoms. The van der Waals surface area contributed by atoms with Crippen LogP contribution in [-0.4, -0.2) is 29.2 Å². The number of hydrogen-bond donors (Lipinski definition) is 0. The molecule has 1 heterocycles. The molecule has 1 aliphatic heterocycles. The number of halogens is 2. The quantitative estimate of drug-likeness (QED) is 0.629. The van der Waals surface area contributed by atoms with E-state index in [1.54, 1.807) is 23.1 Å². The highest BCUT2D eigenvalue weighted by Crippen LogP contribution is 2.25. The van der Waals surface area contributed by atoms with Crippen LogP contribution in [0.15, 0.2) is 53.7 Å². The molecular weight excluding hydrogens is 391 g/mol. The van der Waals surface area contributed by atoms with E-state index in [-0.39, 0.29) is 29.8 Å². The molecule has 29 heavy (non-hydrogen) atoms. The lowest BCUT2D eigenvalue weighted by atomic mass is 9.91. The highest BCUT2D eigenvalue weighted by Gasteiger charge is 2.29. The minimum atomic E-state index is -0.318. The van der Waals surface area contributed by atoms with E-state index in [2.05, 4.69) is 5.16 Å². The van der Waals surface area contributed by atoms with Crippen LogP contribution in [0.5, 0.6) is 0 Å². The lowest BCUT2D eigenvalue weighted by molar-refractivity contribution is -0.135. The molecule has 0 unspecified atom stereocenters. The fourth-order valence-corrected chi connectivity index (χ4v) is 3.52. The molecule has 0 aliphatic carbocycles. The number of rotatable bonds is 6. The van der Waals surface area contributed by atoms with Crippen LogP contribution in [0.1, 0.15) is 44.7 Å². The maximum absolute atomic E-state index is 14.2. The van der Waals surface area contributed by atoms with E-state index < -0.39 is 0 Å². The molecule has 0 saturated heterocycles. The fourth-order valence-electron chi connectivity index (χ4n) is 3.28. The first kappa shape index (κ1) is 21.3. The third-order valence-corrected chi connectivity index (χ3v) is 5.02. The topological polar surface area (TPSA) is 41.9 Å². The first-order valence-corrected chi connectivity index (χ1v) is 10.1. The Kier molecular flexibility index (Phi) is 6.58. The van der Waals surface area contributed by atoms with Gasteiger partial charge >= 0.3 is 0 Å². The number of amides is 1. The summed E-state index contributed by atoms with van der Waals surface area (Å²) in [5.74, 6) is -0.350. The van der Waals surface area contributed by atoms with Crippen LogP contribution in [0.4, 0.5) is 4.39 Å². The Hall–Kier alpha value is -2.40. The highest BCUT2D eigenvalue weighted by atomic mass is 35.5. The predicted octanol–water partition coefficient (Wildman–Crippen LogP) is 5.44. The molecule has 2 aromatic carbocycles. The number of nitrogens with zero attached hydrogens (tertiary/aromatic N) is 2. The van der Waals surface area contributed by atoms with Gasteiger partial charge in [-0.2, -0.15) is 0 Å². The summed E-state index contributed by atoms with van der Waals surface area (Å²) in [6, 6.07) is 14.0. The van der Waals surface area contributed by atoms with Crippen LogP contribution in [0.2, 0.25) is 5.02 Å². The molecule has 1 aliphatic rings. The Balaban J connectivity index is 1.73. The van der Waals surface area contributed by atoms with Crippen molar-refractivity contribution in [1.82, 2.24) is 4.90 Å².